The van der Waals surface area contributed by atoms with Gasteiger partial charge in [-0.2, -0.15) is 5.10 Å². The molecular formula is C24H30N4O2. The summed E-state index contributed by atoms with van der Waals surface area (Å²) in [4.78, 5) is 17.1. The Morgan fingerprint density at radius 2 is 1.93 bits per heavy atom. The van der Waals surface area contributed by atoms with Crippen molar-refractivity contribution in [3.05, 3.63) is 53.2 Å². The second-order valence-electron chi connectivity index (χ2n) is 8.37. The summed E-state index contributed by atoms with van der Waals surface area (Å²) < 4.78 is 0. The highest BCUT2D eigenvalue weighted by Gasteiger charge is 2.21. The number of H-pyrrole nitrogens is 1. The van der Waals surface area contributed by atoms with E-state index >= 15 is 0 Å². The van der Waals surface area contributed by atoms with Gasteiger partial charge in [-0.05, 0) is 69.1 Å². The van der Waals surface area contributed by atoms with Crippen LogP contribution in [0, 0.1) is 0 Å². The van der Waals surface area contributed by atoms with E-state index in [0.29, 0.717) is 17.0 Å². The lowest BCUT2D eigenvalue weighted by Gasteiger charge is -2.29. The van der Waals surface area contributed by atoms with E-state index in [2.05, 4.69) is 41.2 Å². The molecule has 4 rings (SSSR count). The molecule has 2 heterocycles. The number of likely N-dealkylation sites (tertiary alicyclic amines) is 1. The van der Waals surface area contributed by atoms with E-state index in [0.717, 1.165) is 42.7 Å². The number of rotatable bonds is 5. The van der Waals surface area contributed by atoms with Gasteiger partial charge in [-0.15, -0.1) is 0 Å². The third kappa shape index (κ3) is 3.92. The quantitative estimate of drug-likeness (QED) is 0.662. The topological polar surface area (TPSA) is 72.5 Å². The number of carbonyl (C=O) groups is 1. The van der Waals surface area contributed by atoms with Gasteiger partial charge in [-0.3, -0.25) is 9.89 Å². The Morgan fingerprint density at radius 3 is 2.60 bits per heavy atom. The molecule has 0 bridgehead atoms. The molecule has 2 N–H and O–H groups in total. The number of phenolic OH excluding ortho intramolecular Hbond substituents is 1. The van der Waals surface area contributed by atoms with Crippen LogP contribution in [0.4, 0.5) is 5.69 Å². The number of hydrogen-bond donors (Lipinski definition) is 2. The maximum Gasteiger partial charge on any atom is 0.261 e. The standard InChI is InChI=1S/C24H30N4O2/c1-4-5-21-19-14-20(23(29)15-22(19)26-25-21)24(30)28(3)18-8-6-16(7-9-18)17-10-12-27(2)13-11-17/h6-9,14-15,17,29H,4-5,10-13H2,1-3H3,(H,25,26). The number of fused-ring (bicyclic) bond motifs is 1. The molecule has 2 aromatic carbocycles. The maximum absolute atomic E-state index is 13.2. The van der Waals surface area contributed by atoms with Crippen LogP contribution in [0.15, 0.2) is 36.4 Å². The molecule has 1 amide bonds. The number of nitrogens with one attached hydrogen (secondary N) is 1. The Kier molecular flexibility index (Phi) is 5.77. The summed E-state index contributed by atoms with van der Waals surface area (Å²) in [5, 5.41) is 18.6. The number of aromatic nitrogens is 2. The summed E-state index contributed by atoms with van der Waals surface area (Å²) in [6, 6.07) is 11.6. The number of aryl methyl sites for hydroxylation is 1. The first-order valence-electron chi connectivity index (χ1n) is 10.7. The molecule has 6 heteroatoms. The van der Waals surface area contributed by atoms with Crippen LogP contribution in [0.2, 0.25) is 0 Å². The second kappa shape index (κ2) is 8.48. The van der Waals surface area contributed by atoms with Crippen LogP contribution in [-0.2, 0) is 6.42 Å². The zero-order chi connectivity index (χ0) is 21.3. The first kappa shape index (κ1) is 20.4. The molecule has 0 unspecified atom stereocenters. The summed E-state index contributed by atoms with van der Waals surface area (Å²) in [7, 11) is 3.92. The average molecular weight is 407 g/mol. The van der Waals surface area contributed by atoms with Crippen molar-refractivity contribution < 1.29 is 9.90 Å². The van der Waals surface area contributed by atoms with E-state index in [1.165, 1.54) is 18.4 Å². The van der Waals surface area contributed by atoms with Crippen LogP contribution in [0.25, 0.3) is 10.9 Å². The van der Waals surface area contributed by atoms with E-state index in [-0.39, 0.29) is 11.7 Å². The SMILES string of the molecule is CCCc1[nH]nc2cc(O)c(C(=O)N(C)c3ccc(C4CCN(C)CC4)cc3)cc12. The highest BCUT2D eigenvalue weighted by atomic mass is 16.3. The Bertz CT molecular complexity index is 1030. The molecular weight excluding hydrogens is 376 g/mol. The normalized spacial score (nSPS) is 15.6. The number of benzene rings is 2. The third-order valence-corrected chi connectivity index (χ3v) is 6.26. The predicted molar refractivity (Wildman–Crippen MR) is 120 cm³/mol. The van der Waals surface area contributed by atoms with Gasteiger partial charge in [0.05, 0.1) is 11.1 Å². The van der Waals surface area contributed by atoms with Gasteiger partial charge in [0.15, 0.2) is 0 Å². The Balaban J connectivity index is 1.56. The van der Waals surface area contributed by atoms with Crippen LogP contribution in [0.1, 0.15) is 53.7 Å². The van der Waals surface area contributed by atoms with Crippen LogP contribution >= 0.6 is 0 Å². The van der Waals surface area contributed by atoms with Crippen molar-refractivity contribution >= 4 is 22.5 Å². The van der Waals surface area contributed by atoms with E-state index in [1.54, 1.807) is 24.1 Å². The number of anilines is 1. The summed E-state index contributed by atoms with van der Waals surface area (Å²) in [6.07, 6.45) is 4.17. The molecule has 1 aliphatic heterocycles. The van der Waals surface area contributed by atoms with Crippen molar-refractivity contribution in [1.29, 1.82) is 0 Å². The lowest BCUT2D eigenvalue weighted by atomic mass is 9.89. The second-order valence-corrected chi connectivity index (χ2v) is 8.37. The third-order valence-electron chi connectivity index (χ3n) is 6.26. The average Bonchev–Trinajstić information content (AvgIpc) is 3.14. The first-order chi connectivity index (χ1) is 14.5. The summed E-state index contributed by atoms with van der Waals surface area (Å²) >= 11 is 0. The number of hydrogen-bond acceptors (Lipinski definition) is 4. The van der Waals surface area contributed by atoms with Crippen molar-refractivity contribution in [2.45, 2.75) is 38.5 Å². The number of phenols is 1. The minimum Gasteiger partial charge on any atom is -0.507 e. The lowest BCUT2D eigenvalue weighted by molar-refractivity contribution is 0.0990. The van der Waals surface area contributed by atoms with Gasteiger partial charge in [-0.1, -0.05) is 25.5 Å². The summed E-state index contributed by atoms with van der Waals surface area (Å²) in [6.45, 7) is 4.35. The Labute approximate surface area is 177 Å². The highest BCUT2D eigenvalue weighted by molar-refractivity contribution is 6.09. The van der Waals surface area contributed by atoms with E-state index < -0.39 is 0 Å². The number of nitrogens with zero attached hydrogens (tertiary/aromatic N) is 3. The molecule has 0 spiro atoms. The van der Waals surface area contributed by atoms with E-state index in [9.17, 15) is 9.90 Å². The van der Waals surface area contributed by atoms with Gasteiger partial charge < -0.3 is 14.9 Å². The van der Waals surface area contributed by atoms with Crippen LogP contribution < -0.4 is 4.90 Å². The predicted octanol–water partition coefficient (Wildman–Crippen LogP) is 4.31. The van der Waals surface area contributed by atoms with E-state index in [4.69, 9.17) is 0 Å². The minimum absolute atomic E-state index is 0.0446. The van der Waals surface area contributed by atoms with Crippen molar-refractivity contribution in [2.75, 3.05) is 32.1 Å². The molecule has 1 fully saturated rings. The van der Waals surface area contributed by atoms with Crippen molar-refractivity contribution in [1.82, 2.24) is 15.1 Å². The summed E-state index contributed by atoms with van der Waals surface area (Å²) in [5.74, 6) is 0.308. The smallest absolute Gasteiger partial charge is 0.261 e. The van der Waals surface area contributed by atoms with Gasteiger partial charge in [0, 0.05) is 29.9 Å². The monoisotopic (exact) mass is 406 g/mol. The van der Waals surface area contributed by atoms with Gasteiger partial charge in [0.25, 0.3) is 5.91 Å². The Hall–Kier alpha value is -2.86. The van der Waals surface area contributed by atoms with Gasteiger partial charge in [0.1, 0.15) is 5.75 Å². The molecule has 1 aromatic heterocycles. The molecule has 0 saturated carbocycles. The fourth-order valence-corrected chi connectivity index (χ4v) is 4.32. The minimum atomic E-state index is -0.231. The number of carbonyl (C=O) groups excluding carboxylic acids is 1. The van der Waals surface area contributed by atoms with Crippen LogP contribution in [0.3, 0.4) is 0 Å². The van der Waals surface area contributed by atoms with Gasteiger partial charge >= 0.3 is 0 Å². The molecule has 0 atom stereocenters. The zero-order valence-corrected chi connectivity index (χ0v) is 18.0. The number of amides is 1. The zero-order valence-electron chi connectivity index (χ0n) is 18.0. The molecule has 0 aliphatic carbocycles. The largest absolute Gasteiger partial charge is 0.507 e. The Morgan fingerprint density at radius 1 is 1.23 bits per heavy atom. The lowest BCUT2D eigenvalue weighted by Crippen LogP contribution is -2.29. The molecule has 158 valence electrons. The maximum atomic E-state index is 13.2. The summed E-state index contributed by atoms with van der Waals surface area (Å²) in [5.41, 5.74) is 4.11. The molecule has 30 heavy (non-hydrogen) atoms. The molecule has 0 radical (unpaired) electrons. The molecule has 1 saturated heterocycles. The van der Waals surface area contributed by atoms with Crippen molar-refractivity contribution in [3.63, 3.8) is 0 Å². The van der Waals surface area contributed by atoms with Crippen molar-refractivity contribution in [2.24, 2.45) is 0 Å². The van der Waals surface area contributed by atoms with Crippen LogP contribution in [-0.4, -0.2) is 53.3 Å². The number of piperidine rings is 1. The number of aromatic hydroxyl groups is 1. The fraction of sp³-hybridized carbons (Fsp3) is 0.417. The molecule has 1 aliphatic rings. The van der Waals surface area contributed by atoms with Crippen LogP contribution in [0.5, 0.6) is 5.75 Å². The fourth-order valence-electron chi connectivity index (χ4n) is 4.32. The first-order valence-corrected chi connectivity index (χ1v) is 10.7. The van der Waals surface area contributed by atoms with Gasteiger partial charge in [-0.25, -0.2) is 0 Å². The number of aromatic amines is 1. The molecule has 3 aromatic rings. The molecule has 6 nitrogen and oxygen atoms in total. The van der Waals surface area contributed by atoms with Gasteiger partial charge in [0.2, 0.25) is 0 Å². The van der Waals surface area contributed by atoms with E-state index in [1.807, 2.05) is 12.1 Å². The van der Waals surface area contributed by atoms with Crippen molar-refractivity contribution in [3.8, 4) is 5.75 Å². The highest BCUT2D eigenvalue weighted by Crippen LogP contribution is 2.31.